The highest BCUT2D eigenvalue weighted by molar-refractivity contribution is 7.12. The molecule has 1 N–H and O–H groups in total. The maximum Gasteiger partial charge on any atom is 0.265 e. The third-order valence-corrected chi connectivity index (χ3v) is 5.59. The summed E-state index contributed by atoms with van der Waals surface area (Å²) >= 11 is 1.40. The number of carbonyl (C=O) groups excluding carboxylic acids is 2. The summed E-state index contributed by atoms with van der Waals surface area (Å²) in [5.74, 6) is -0.127. The molecule has 0 radical (unpaired) electrons. The second-order valence-corrected chi connectivity index (χ2v) is 7.40. The molecule has 1 atom stereocenters. The van der Waals surface area contributed by atoms with Crippen molar-refractivity contribution in [2.24, 2.45) is 0 Å². The molecule has 1 aromatic carbocycles. The molecule has 6 heteroatoms. The van der Waals surface area contributed by atoms with Crippen LogP contribution in [0.1, 0.15) is 44.5 Å². The van der Waals surface area contributed by atoms with E-state index in [2.05, 4.69) is 10.3 Å². The fourth-order valence-corrected chi connectivity index (χ4v) is 4.01. The molecule has 5 nitrogen and oxygen atoms in total. The Kier molecular flexibility index (Phi) is 4.98. The normalized spacial score (nSPS) is 16.3. The summed E-state index contributed by atoms with van der Waals surface area (Å²) in [5.41, 5.74) is 2.37. The lowest BCUT2D eigenvalue weighted by molar-refractivity contribution is 0.0735. The van der Waals surface area contributed by atoms with E-state index < -0.39 is 0 Å². The van der Waals surface area contributed by atoms with Crippen molar-refractivity contribution in [2.45, 2.75) is 18.9 Å². The number of likely N-dealkylation sites (tertiary alicyclic amines) is 1. The molecule has 1 aliphatic heterocycles. The van der Waals surface area contributed by atoms with Crippen molar-refractivity contribution in [3.8, 4) is 0 Å². The van der Waals surface area contributed by atoms with Gasteiger partial charge in [-0.2, -0.15) is 0 Å². The van der Waals surface area contributed by atoms with Crippen LogP contribution in [0, 0.1) is 0 Å². The number of pyridine rings is 1. The van der Waals surface area contributed by atoms with Gasteiger partial charge in [0.25, 0.3) is 11.8 Å². The summed E-state index contributed by atoms with van der Waals surface area (Å²) in [5, 5.41) is 4.72. The molecule has 27 heavy (non-hydrogen) atoms. The molecule has 0 spiro atoms. The van der Waals surface area contributed by atoms with Crippen LogP contribution >= 0.6 is 11.3 Å². The topological polar surface area (TPSA) is 62.3 Å². The summed E-state index contributed by atoms with van der Waals surface area (Å²) in [6.07, 6.45) is 5.51. The Morgan fingerprint density at radius 2 is 1.96 bits per heavy atom. The molecule has 0 bridgehead atoms. The molecule has 0 saturated carbocycles. The number of carbonyl (C=O) groups is 2. The first-order valence-electron chi connectivity index (χ1n) is 8.88. The average Bonchev–Trinajstić information content (AvgIpc) is 3.41. The van der Waals surface area contributed by atoms with E-state index in [-0.39, 0.29) is 17.9 Å². The number of hydrogen-bond acceptors (Lipinski definition) is 4. The van der Waals surface area contributed by atoms with E-state index in [9.17, 15) is 9.59 Å². The van der Waals surface area contributed by atoms with Crippen LogP contribution in [0.5, 0.6) is 0 Å². The molecule has 0 aliphatic carbocycles. The van der Waals surface area contributed by atoms with Gasteiger partial charge in [0.15, 0.2) is 0 Å². The van der Waals surface area contributed by atoms with Crippen LogP contribution in [-0.4, -0.2) is 28.2 Å². The van der Waals surface area contributed by atoms with E-state index >= 15 is 0 Å². The van der Waals surface area contributed by atoms with Gasteiger partial charge in [-0.05, 0) is 60.2 Å². The number of anilines is 1. The molecule has 1 aliphatic rings. The predicted octanol–water partition coefficient (Wildman–Crippen LogP) is 4.37. The molecule has 1 saturated heterocycles. The summed E-state index contributed by atoms with van der Waals surface area (Å²) in [6.45, 7) is 0.745. The number of thiophene rings is 1. The first-order valence-corrected chi connectivity index (χ1v) is 9.76. The van der Waals surface area contributed by atoms with Crippen LogP contribution in [0.2, 0.25) is 0 Å². The summed E-state index contributed by atoms with van der Waals surface area (Å²) in [7, 11) is 0. The number of hydrogen-bond donors (Lipinski definition) is 1. The average molecular weight is 377 g/mol. The Hall–Kier alpha value is -2.99. The van der Waals surface area contributed by atoms with Crippen LogP contribution in [0.4, 0.5) is 5.69 Å². The molecule has 0 unspecified atom stereocenters. The minimum Gasteiger partial charge on any atom is -0.332 e. The van der Waals surface area contributed by atoms with Gasteiger partial charge in [0, 0.05) is 30.2 Å². The highest BCUT2D eigenvalue weighted by Gasteiger charge is 2.30. The molecular weight excluding hydrogens is 358 g/mol. The maximum absolute atomic E-state index is 13.0. The molecule has 3 aromatic rings. The van der Waals surface area contributed by atoms with Gasteiger partial charge in [0.05, 0.1) is 10.9 Å². The zero-order chi connectivity index (χ0) is 18.6. The highest BCUT2D eigenvalue weighted by atomic mass is 32.1. The van der Waals surface area contributed by atoms with Crippen molar-refractivity contribution in [3.05, 3.63) is 82.3 Å². The fourth-order valence-electron chi connectivity index (χ4n) is 3.39. The van der Waals surface area contributed by atoms with Crippen molar-refractivity contribution in [2.75, 3.05) is 11.9 Å². The van der Waals surface area contributed by atoms with Crippen LogP contribution in [0.3, 0.4) is 0 Å². The SMILES string of the molecule is O=C(Nc1ccc(C(=O)N2CCC[C@H]2c2cccnc2)cc1)c1cccs1. The second-order valence-electron chi connectivity index (χ2n) is 6.45. The van der Waals surface area contributed by atoms with E-state index in [4.69, 9.17) is 0 Å². The summed E-state index contributed by atoms with van der Waals surface area (Å²) < 4.78 is 0. The number of nitrogens with one attached hydrogen (secondary N) is 1. The quantitative estimate of drug-likeness (QED) is 0.734. The third-order valence-electron chi connectivity index (χ3n) is 4.72. The number of nitrogens with zero attached hydrogens (tertiary/aromatic N) is 2. The van der Waals surface area contributed by atoms with Gasteiger partial charge in [0.2, 0.25) is 0 Å². The smallest absolute Gasteiger partial charge is 0.265 e. The van der Waals surface area contributed by atoms with Crippen LogP contribution < -0.4 is 5.32 Å². The first kappa shape index (κ1) is 17.4. The van der Waals surface area contributed by atoms with Gasteiger partial charge in [-0.25, -0.2) is 0 Å². The first-order chi connectivity index (χ1) is 13.2. The number of benzene rings is 1. The molecule has 1 fully saturated rings. The number of aromatic nitrogens is 1. The van der Waals surface area contributed by atoms with E-state index in [1.807, 2.05) is 34.7 Å². The lowest BCUT2D eigenvalue weighted by Crippen LogP contribution is -2.30. The van der Waals surface area contributed by atoms with Gasteiger partial charge in [-0.15, -0.1) is 11.3 Å². The van der Waals surface area contributed by atoms with Crippen molar-refractivity contribution in [1.82, 2.24) is 9.88 Å². The Morgan fingerprint density at radius 1 is 1.11 bits per heavy atom. The number of rotatable bonds is 4. The molecule has 2 aromatic heterocycles. The van der Waals surface area contributed by atoms with Gasteiger partial charge in [-0.3, -0.25) is 14.6 Å². The Labute approximate surface area is 161 Å². The largest absolute Gasteiger partial charge is 0.332 e. The van der Waals surface area contributed by atoms with Gasteiger partial charge >= 0.3 is 0 Å². The van der Waals surface area contributed by atoms with Crippen molar-refractivity contribution >= 4 is 28.8 Å². The zero-order valence-electron chi connectivity index (χ0n) is 14.7. The molecule has 136 valence electrons. The van der Waals surface area contributed by atoms with Gasteiger partial charge in [0.1, 0.15) is 0 Å². The minimum atomic E-state index is -0.139. The Bertz CT molecular complexity index is 924. The molecule has 4 rings (SSSR count). The minimum absolute atomic E-state index is 0.0116. The molecule has 3 heterocycles. The monoisotopic (exact) mass is 377 g/mol. The summed E-state index contributed by atoms with van der Waals surface area (Å²) in [4.78, 5) is 31.8. The van der Waals surface area contributed by atoms with E-state index in [1.54, 1.807) is 36.5 Å². The third kappa shape index (κ3) is 3.75. The van der Waals surface area contributed by atoms with Crippen molar-refractivity contribution < 1.29 is 9.59 Å². The van der Waals surface area contributed by atoms with E-state index in [0.29, 0.717) is 16.1 Å². The zero-order valence-corrected chi connectivity index (χ0v) is 15.5. The molecule has 2 amide bonds. The van der Waals surface area contributed by atoms with Crippen molar-refractivity contribution in [3.63, 3.8) is 0 Å². The number of amides is 2. The van der Waals surface area contributed by atoms with Crippen molar-refractivity contribution in [1.29, 1.82) is 0 Å². The molecular formula is C21H19N3O2S. The van der Waals surface area contributed by atoms with Gasteiger partial charge in [-0.1, -0.05) is 12.1 Å². The lowest BCUT2D eigenvalue weighted by atomic mass is 10.1. The second kappa shape index (κ2) is 7.72. The van der Waals surface area contributed by atoms with Crippen LogP contribution in [0.15, 0.2) is 66.3 Å². The van der Waals surface area contributed by atoms with Crippen LogP contribution in [0.25, 0.3) is 0 Å². The fraction of sp³-hybridized carbons (Fsp3) is 0.190. The maximum atomic E-state index is 13.0. The highest BCUT2D eigenvalue weighted by Crippen LogP contribution is 2.32. The van der Waals surface area contributed by atoms with E-state index in [1.165, 1.54) is 11.3 Å². The lowest BCUT2D eigenvalue weighted by Gasteiger charge is -2.25. The summed E-state index contributed by atoms with van der Waals surface area (Å²) in [6, 6.07) is 14.7. The van der Waals surface area contributed by atoms with Gasteiger partial charge < -0.3 is 10.2 Å². The Morgan fingerprint density at radius 3 is 2.67 bits per heavy atom. The van der Waals surface area contributed by atoms with E-state index in [0.717, 1.165) is 24.9 Å². The van der Waals surface area contributed by atoms with Crippen LogP contribution in [-0.2, 0) is 0 Å². The standard InChI is InChI=1S/C21H19N3O2S/c25-20(19-6-3-13-27-19)23-17-9-7-15(8-10-17)21(26)24-12-2-5-18(24)16-4-1-11-22-14-16/h1,3-4,6-11,13-14,18H,2,5,12H2,(H,23,25)/t18-/m0/s1. The predicted molar refractivity (Wildman–Crippen MR) is 106 cm³/mol. The Balaban J connectivity index is 1.47.